The summed E-state index contributed by atoms with van der Waals surface area (Å²) in [4.78, 5) is 2.74. The topological polar surface area (TPSA) is 12.0 Å². The fourth-order valence-corrected chi connectivity index (χ4v) is 2.76. The molecular formula is C15H18FNS. The molecule has 2 aromatic rings. The van der Waals surface area contributed by atoms with E-state index in [0.717, 1.165) is 18.5 Å². The zero-order chi connectivity index (χ0) is 13.0. The average molecular weight is 263 g/mol. The summed E-state index contributed by atoms with van der Waals surface area (Å²) in [6.45, 7) is 5.06. The predicted octanol–water partition coefficient (Wildman–Crippen LogP) is 4.30. The first kappa shape index (κ1) is 13.2. The normalized spacial score (nSPS) is 12.6. The summed E-state index contributed by atoms with van der Waals surface area (Å²) in [6.07, 6.45) is 1.09. The second-order valence-electron chi connectivity index (χ2n) is 4.38. The molecule has 0 radical (unpaired) electrons. The number of hydrogen-bond acceptors (Lipinski definition) is 2. The number of benzene rings is 1. The van der Waals surface area contributed by atoms with Crippen LogP contribution in [0.3, 0.4) is 0 Å². The summed E-state index contributed by atoms with van der Waals surface area (Å²) >= 11 is 1.84. The Kier molecular flexibility index (Phi) is 4.50. The average Bonchev–Trinajstić information content (AvgIpc) is 2.84. The Hall–Kier alpha value is -1.19. The molecule has 0 saturated heterocycles. The lowest BCUT2D eigenvalue weighted by Crippen LogP contribution is -2.17. The van der Waals surface area contributed by atoms with Gasteiger partial charge in [-0.2, -0.15) is 0 Å². The van der Waals surface area contributed by atoms with Crippen molar-refractivity contribution in [3.63, 3.8) is 0 Å². The lowest BCUT2D eigenvalue weighted by Gasteiger charge is -2.13. The zero-order valence-electron chi connectivity index (χ0n) is 10.7. The van der Waals surface area contributed by atoms with E-state index in [1.165, 1.54) is 15.8 Å². The third-order valence-electron chi connectivity index (χ3n) is 3.00. The van der Waals surface area contributed by atoms with Crippen LogP contribution in [-0.2, 0) is 13.0 Å². The lowest BCUT2D eigenvalue weighted by atomic mass is 10.1. The van der Waals surface area contributed by atoms with Crippen LogP contribution in [-0.4, -0.2) is 0 Å². The maximum Gasteiger partial charge on any atom is 0.123 e. The Balaban J connectivity index is 1.93. The molecule has 1 nitrogen and oxygen atoms in total. The van der Waals surface area contributed by atoms with Crippen molar-refractivity contribution in [3.8, 4) is 0 Å². The number of hydrogen-bond donors (Lipinski definition) is 1. The highest BCUT2D eigenvalue weighted by molar-refractivity contribution is 7.11. The summed E-state index contributed by atoms with van der Waals surface area (Å²) in [7, 11) is 0. The van der Waals surface area contributed by atoms with Gasteiger partial charge in [0, 0.05) is 22.3 Å². The first-order valence-electron chi connectivity index (χ1n) is 6.25. The molecule has 0 unspecified atom stereocenters. The van der Waals surface area contributed by atoms with Gasteiger partial charge >= 0.3 is 0 Å². The van der Waals surface area contributed by atoms with E-state index in [4.69, 9.17) is 0 Å². The maximum atomic E-state index is 13.1. The van der Waals surface area contributed by atoms with Gasteiger partial charge in [-0.15, -0.1) is 11.3 Å². The van der Waals surface area contributed by atoms with Crippen LogP contribution in [0.15, 0.2) is 36.4 Å². The molecule has 0 saturated carbocycles. The third-order valence-corrected chi connectivity index (χ3v) is 4.23. The molecule has 0 spiro atoms. The van der Waals surface area contributed by atoms with Crippen LogP contribution in [0.4, 0.5) is 4.39 Å². The van der Waals surface area contributed by atoms with Crippen LogP contribution < -0.4 is 5.32 Å². The van der Waals surface area contributed by atoms with E-state index >= 15 is 0 Å². The first-order chi connectivity index (χ1) is 8.69. The molecule has 2 rings (SSSR count). The van der Waals surface area contributed by atoms with E-state index in [9.17, 15) is 4.39 Å². The van der Waals surface area contributed by atoms with Crippen molar-refractivity contribution >= 4 is 11.3 Å². The highest BCUT2D eigenvalue weighted by Gasteiger charge is 2.06. The van der Waals surface area contributed by atoms with Crippen molar-refractivity contribution < 1.29 is 4.39 Å². The summed E-state index contributed by atoms with van der Waals surface area (Å²) in [6, 6.07) is 11.3. The van der Waals surface area contributed by atoms with Crippen LogP contribution in [0.2, 0.25) is 0 Å². The van der Waals surface area contributed by atoms with Crippen molar-refractivity contribution in [2.75, 3.05) is 0 Å². The lowest BCUT2D eigenvalue weighted by molar-refractivity contribution is 0.568. The summed E-state index contributed by atoms with van der Waals surface area (Å²) in [5, 5.41) is 3.42. The van der Waals surface area contributed by atoms with Gasteiger partial charge in [0.25, 0.3) is 0 Å². The van der Waals surface area contributed by atoms with Gasteiger partial charge in [-0.25, -0.2) is 4.39 Å². The zero-order valence-corrected chi connectivity index (χ0v) is 11.6. The Labute approximate surface area is 112 Å². The predicted molar refractivity (Wildman–Crippen MR) is 75.4 cm³/mol. The maximum absolute atomic E-state index is 13.1. The van der Waals surface area contributed by atoms with Crippen LogP contribution in [0.25, 0.3) is 0 Å². The van der Waals surface area contributed by atoms with Crippen molar-refractivity contribution in [2.45, 2.75) is 32.9 Å². The third kappa shape index (κ3) is 3.40. The fraction of sp³-hybridized carbons (Fsp3) is 0.333. The van der Waals surface area contributed by atoms with Gasteiger partial charge in [-0.1, -0.05) is 19.1 Å². The molecule has 1 atom stereocenters. The largest absolute Gasteiger partial charge is 0.305 e. The molecule has 1 aromatic carbocycles. The molecule has 0 amide bonds. The monoisotopic (exact) mass is 263 g/mol. The molecule has 0 fully saturated rings. The number of aryl methyl sites for hydroxylation is 1. The van der Waals surface area contributed by atoms with E-state index in [0.29, 0.717) is 0 Å². The number of thiophene rings is 1. The van der Waals surface area contributed by atoms with Crippen LogP contribution in [0, 0.1) is 5.82 Å². The number of nitrogens with one attached hydrogen (secondary N) is 1. The van der Waals surface area contributed by atoms with Crippen LogP contribution in [0.1, 0.15) is 35.2 Å². The molecule has 0 aliphatic rings. The minimum absolute atomic E-state index is 0.160. The van der Waals surface area contributed by atoms with E-state index < -0.39 is 0 Å². The minimum atomic E-state index is -0.175. The molecule has 96 valence electrons. The van der Waals surface area contributed by atoms with Gasteiger partial charge in [0.15, 0.2) is 0 Å². The smallest absolute Gasteiger partial charge is 0.123 e. The summed E-state index contributed by atoms with van der Waals surface area (Å²) < 4.78 is 13.1. The van der Waals surface area contributed by atoms with Crippen molar-refractivity contribution in [3.05, 3.63) is 57.5 Å². The molecule has 1 heterocycles. The van der Waals surface area contributed by atoms with Gasteiger partial charge in [0.05, 0.1) is 0 Å². The standard InChI is InChI=1S/C15H18FNS/c1-3-14-7-8-15(18-14)10-17-11(2)12-5-4-6-13(16)9-12/h4-9,11,17H,3,10H2,1-2H3/t11-/m0/s1. The summed E-state index contributed by atoms with van der Waals surface area (Å²) in [5.41, 5.74) is 0.988. The highest BCUT2D eigenvalue weighted by Crippen LogP contribution is 2.19. The van der Waals surface area contributed by atoms with Gasteiger partial charge in [-0.05, 0) is 43.2 Å². The summed E-state index contributed by atoms with van der Waals surface area (Å²) in [5.74, 6) is -0.175. The van der Waals surface area contributed by atoms with Crippen LogP contribution >= 0.6 is 11.3 Å². The molecule has 3 heteroatoms. The first-order valence-corrected chi connectivity index (χ1v) is 7.07. The molecule has 0 aliphatic carbocycles. The van der Waals surface area contributed by atoms with E-state index in [-0.39, 0.29) is 11.9 Å². The number of halogens is 1. The Bertz CT molecular complexity index is 507. The van der Waals surface area contributed by atoms with Crippen molar-refractivity contribution in [2.24, 2.45) is 0 Å². The van der Waals surface area contributed by atoms with Gasteiger partial charge < -0.3 is 5.32 Å². The van der Waals surface area contributed by atoms with Gasteiger partial charge in [-0.3, -0.25) is 0 Å². The highest BCUT2D eigenvalue weighted by atomic mass is 32.1. The number of rotatable bonds is 5. The molecule has 0 aliphatic heterocycles. The molecule has 18 heavy (non-hydrogen) atoms. The van der Waals surface area contributed by atoms with Crippen LogP contribution in [0.5, 0.6) is 0 Å². The molecular weight excluding hydrogens is 245 g/mol. The second kappa shape index (κ2) is 6.12. The van der Waals surface area contributed by atoms with Crippen molar-refractivity contribution in [1.29, 1.82) is 0 Å². The fourth-order valence-electron chi connectivity index (χ4n) is 1.85. The van der Waals surface area contributed by atoms with E-state index in [1.54, 1.807) is 12.1 Å². The van der Waals surface area contributed by atoms with E-state index in [1.807, 2.05) is 17.4 Å². The minimum Gasteiger partial charge on any atom is -0.305 e. The van der Waals surface area contributed by atoms with E-state index in [2.05, 4.69) is 31.3 Å². The quantitative estimate of drug-likeness (QED) is 0.848. The van der Waals surface area contributed by atoms with Crippen molar-refractivity contribution in [1.82, 2.24) is 5.32 Å². The molecule has 0 bridgehead atoms. The Morgan fingerprint density at radius 3 is 2.67 bits per heavy atom. The Morgan fingerprint density at radius 2 is 2.00 bits per heavy atom. The second-order valence-corrected chi connectivity index (χ2v) is 5.63. The van der Waals surface area contributed by atoms with Gasteiger partial charge in [0.1, 0.15) is 5.82 Å². The van der Waals surface area contributed by atoms with Gasteiger partial charge in [0.2, 0.25) is 0 Å². The molecule has 1 aromatic heterocycles. The molecule has 1 N–H and O–H groups in total. The SMILES string of the molecule is CCc1ccc(CN[C@@H](C)c2cccc(F)c2)s1. The Morgan fingerprint density at radius 1 is 1.22 bits per heavy atom.